The van der Waals surface area contributed by atoms with Crippen molar-refractivity contribution < 1.29 is 28.8 Å². The molecule has 0 fully saturated rings. The average Bonchev–Trinajstić information content (AvgIpc) is 0.943. The van der Waals surface area contributed by atoms with E-state index in [1.54, 1.807) is 6.92 Å². The first-order valence-electron chi connectivity index (χ1n) is 36.3. The topological polar surface area (TPSA) is 139 Å². The third-order valence-electron chi connectivity index (χ3n) is 11.1. The second kappa shape index (κ2) is 66.5. The van der Waals surface area contributed by atoms with Gasteiger partial charge in [0, 0.05) is 291 Å². The van der Waals surface area contributed by atoms with E-state index in [2.05, 4.69) is 454 Å². The summed E-state index contributed by atoms with van der Waals surface area (Å²) in [5.74, 6) is 133. The first-order valence-corrected chi connectivity index (χ1v) is 36.3. The highest BCUT2D eigenvalue weighted by molar-refractivity contribution is 5.86. The highest BCUT2D eigenvalue weighted by Crippen LogP contribution is 2.26. The third kappa shape index (κ3) is 113. The van der Waals surface area contributed by atoms with Crippen LogP contribution in [0.15, 0.2) is 0 Å². The first-order chi connectivity index (χ1) is 53.6. The van der Waals surface area contributed by atoms with Crippen LogP contribution in [0.3, 0.4) is 0 Å². The molecule has 3 N–H and O–H groups in total. The second-order valence-electron chi connectivity index (χ2n) is 33.4. The maximum absolute atomic E-state index is 11.6. The van der Waals surface area contributed by atoms with E-state index in [4.69, 9.17) is 6.42 Å². The molecule has 0 aliphatic heterocycles. The number of terminal acetylenes is 1. The van der Waals surface area contributed by atoms with Crippen LogP contribution in [0.1, 0.15) is 237 Å². The molecule has 580 valence electrons. The third-order valence-corrected chi connectivity index (χ3v) is 11.1. The van der Waals surface area contributed by atoms with Crippen LogP contribution in [0.4, 0.5) is 0 Å². The Morgan fingerprint density at radius 2 is 0.365 bits per heavy atom. The van der Waals surface area contributed by atoms with Gasteiger partial charge < -0.3 is 16.0 Å². The molecule has 0 saturated heterocycles. The lowest BCUT2D eigenvalue weighted by Gasteiger charge is -2.21. The Morgan fingerprint density at radius 3 is 0.522 bits per heavy atom. The Hall–Kier alpha value is -14.5. The summed E-state index contributed by atoms with van der Waals surface area (Å²) in [4.78, 5) is 69.1. The quantitative estimate of drug-likeness (QED) is 0.140. The molecule has 0 unspecified atom stereocenters. The van der Waals surface area contributed by atoms with Crippen molar-refractivity contribution in [1.29, 1.82) is 0 Å². The standard InChI is InChI=1S/C55H4.2C14H27NO2.C12H24O.C11H23NO/c1-3-5-7-9-11-13-15-17-19-21-23-25-27-29-31-33-35-37-39-41-43-45-47-49-51-53-55-54-52-50-48-46-44-42-40-38-36-34-32-30-28-26-24-22-20-18-16-14-12-10-8-6-4-2;2*1-13(2,3)9-11(16)7-8-12(17)15-10-14(4,5)6;1-11(2,3)8-7-10(13)9-12(4,5)6;1-10(2,3)7-9(13)12-8-11(4,5)6/h1H,2H3;2*7-10H2,1-6H3,(H,15,17);7-9H2,1-6H3;7-8H2,1-6H3,(H,12,13). The maximum atomic E-state index is 11.6. The number of carbonyl (C=O) groups excluding carboxylic acids is 6. The highest BCUT2D eigenvalue weighted by Gasteiger charge is 2.22. The van der Waals surface area contributed by atoms with Gasteiger partial charge in [-0.2, -0.15) is 0 Å². The van der Waals surface area contributed by atoms with Gasteiger partial charge >= 0.3 is 0 Å². The van der Waals surface area contributed by atoms with E-state index < -0.39 is 0 Å². The molecule has 0 spiro atoms. The smallest absolute Gasteiger partial charge is 0.220 e. The minimum Gasteiger partial charge on any atom is -0.356 e. The highest BCUT2D eigenvalue weighted by atomic mass is 16.2. The Bertz CT molecular complexity index is 5190. The Morgan fingerprint density at radius 1 is 0.200 bits per heavy atom. The summed E-state index contributed by atoms with van der Waals surface area (Å²) in [6.07, 6.45) is 10.4. The Balaban J connectivity index is -0.000000536. The largest absolute Gasteiger partial charge is 0.356 e. The van der Waals surface area contributed by atoms with Crippen molar-refractivity contribution in [3.63, 3.8) is 0 Å². The van der Waals surface area contributed by atoms with Crippen molar-refractivity contribution in [1.82, 2.24) is 16.0 Å². The summed E-state index contributed by atoms with van der Waals surface area (Å²) in [5, 5.41) is 8.64. The van der Waals surface area contributed by atoms with E-state index in [0.29, 0.717) is 70.2 Å². The molecule has 9 nitrogen and oxygen atoms in total. The molecule has 0 radical (unpaired) electrons. The van der Waals surface area contributed by atoms with E-state index in [1.165, 1.54) is 0 Å². The zero-order chi connectivity index (χ0) is 88.3. The van der Waals surface area contributed by atoms with Crippen LogP contribution in [0, 0.1) is 364 Å². The van der Waals surface area contributed by atoms with Gasteiger partial charge in [0.05, 0.1) is 0 Å². The van der Waals surface area contributed by atoms with E-state index in [-0.39, 0.29) is 72.6 Å². The van der Waals surface area contributed by atoms with Crippen molar-refractivity contribution in [2.45, 2.75) is 237 Å². The summed E-state index contributed by atoms with van der Waals surface area (Å²) >= 11 is 0. The lowest BCUT2D eigenvalue weighted by molar-refractivity contribution is -0.126. The molecule has 0 aliphatic carbocycles. The molecule has 0 aromatic heterocycles. The summed E-state index contributed by atoms with van der Waals surface area (Å²) in [6, 6.07) is 0. The fourth-order valence-corrected chi connectivity index (χ4v) is 6.50. The van der Waals surface area contributed by atoms with Crippen molar-refractivity contribution in [3.8, 4) is 320 Å². The molecule has 0 atom stereocenters. The van der Waals surface area contributed by atoms with Gasteiger partial charge in [-0.1, -0.05) is 172 Å². The van der Waals surface area contributed by atoms with Crippen LogP contribution < -0.4 is 16.0 Å². The average molecular weight is 1520 g/mol. The molecule has 0 bridgehead atoms. The van der Waals surface area contributed by atoms with Gasteiger partial charge in [0.1, 0.15) is 17.3 Å². The van der Waals surface area contributed by atoms with Crippen molar-refractivity contribution >= 4 is 35.1 Å². The number of carbonyl (C=O) groups is 6. The normalized spacial score (nSPS) is 8.45. The molecule has 0 aromatic rings. The zero-order valence-corrected chi connectivity index (χ0v) is 72.2. The van der Waals surface area contributed by atoms with Gasteiger partial charge in [0.25, 0.3) is 0 Å². The minimum atomic E-state index is -0.0258. The number of hydrogen-bond donors (Lipinski definition) is 3. The summed E-state index contributed by atoms with van der Waals surface area (Å²) < 4.78 is 0. The predicted molar refractivity (Wildman–Crippen MR) is 473 cm³/mol. The van der Waals surface area contributed by atoms with Gasteiger partial charge in [-0.25, -0.2) is 0 Å². The van der Waals surface area contributed by atoms with Crippen LogP contribution in [-0.2, 0) is 28.8 Å². The van der Waals surface area contributed by atoms with Crippen LogP contribution >= 0.6 is 0 Å². The predicted octanol–water partition coefficient (Wildman–Crippen LogP) is 13.0. The van der Waals surface area contributed by atoms with Gasteiger partial charge in [-0.3, -0.25) is 28.8 Å². The molecule has 0 rings (SSSR count). The zero-order valence-electron chi connectivity index (χ0n) is 72.2. The van der Waals surface area contributed by atoms with Crippen LogP contribution in [0.2, 0.25) is 0 Å². The Labute approximate surface area is 696 Å². The monoisotopic (exact) mass is 1520 g/mol. The fourth-order valence-electron chi connectivity index (χ4n) is 6.50. The van der Waals surface area contributed by atoms with E-state index in [9.17, 15) is 28.8 Å². The number of nitrogens with one attached hydrogen (secondary N) is 3. The number of amides is 3. The van der Waals surface area contributed by atoms with Crippen LogP contribution in [0.5, 0.6) is 0 Å². The fraction of sp³-hybridized carbons (Fsp3) is 0.434. The number of ketones is 3. The molecule has 9 heteroatoms. The first kappa shape index (κ1) is 109. The van der Waals surface area contributed by atoms with E-state index >= 15 is 0 Å². The Kier molecular flexibility index (Phi) is 63.1. The number of hydrogen-bond acceptors (Lipinski definition) is 6. The molecule has 0 aliphatic rings. The van der Waals surface area contributed by atoms with Gasteiger partial charge in [-0.05, 0) is 151 Å². The maximum Gasteiger partial charge on any atom is 0.220 e. The summed E-state index contributed by atoms with van der Waals surface area (Å²) in [5.41, 5.74) is 0.895. The van der Waals surface area contributed by atoms with Crippen LogP contribution in [-0.4, -0.2) is 54.7 Å². The van der Waals surface area contributed by atoms with Crippen LogP contribution in [0.25, 0.3) is 0 Å². The van der Waals surface area contributed by atoms with Gasteiger partial charge in [0.15, 0.2) is 0 Å². The number of Topliss-reactive ketones (excluding diaryl/α,β-unsaturated/α-hetero) is 3. The second-order valence-corrected chi connectivity index (χ2v) is 33.4. The molecular formula is C106H105N3O6. The van der Waals surface area contributed by atoms with E-state index in [1.807, 2.05) is 41.5 Å². The molecule has 0 saturated carbocycles. The lowest BCUT2D eigenvalue weighted by atomic mass is 9.85. The SMILES string of the molecule is C#CC#CC#CC#CC#CC#CC#CC#CC#CC#CC#CC#CC#CC#CC#CC#CC#CC#CC#CC#CC#CC#CC#CC#CC#CC#CC#CC.CC(C)(C)CCC(=O)CC(C)(C)C.CC(C)(C)CNC(=O)CC(C)(C)C.CC(C)(C)CNC(=O)CCC(=O)CC(C)(C)C.CC(C)(C)CNC(=O)CCC(=O)CC(C)(C)C. The summed E-state index contributed by atoms with van der Waals surface area (Å²) in [7, 11) is 0. The molecule has 3 amide bonds. The van der Waals surface area contributed by atoms with Gasteiger partial charge in [0.2, 0.25) is 17.7 Å². The molecular weight excluding hydrogens is 1410 g/mol. The van der Waals surface area contributed by atoms with Crippen molar-refractivity contribution in [2.75, 3.05) is 19.6 Å². The molecule has 0 aromatic carbocycles. The van der Waals surface area contributed by atoms with Crippen molar-refractivity contribution in [2.24, 2.45) is 43.3 Å². The molecule has 0 heterocycles. The van der Waals surface area contributed by atoms with E-state index in [0.717, 1.165) is 19.4 Å². The lowest BCUT2D eigenvalue weighted by Crippen LogP contribution is -2.34. The molecule has 115 heavy (non-hydrogen) atoms. The number of rotatable bonds is 15. The van der Waals surface area contributed by atoms with Gasteiger partial charge in [-0.15, -0.1) is 6.42 Å². The van der Waals surface area contributed by atoms with Crippen molar-refractivity contribution in [3.05, 3.63) is 0 Å². The minimum absolute atomic E-state index is 0.0129. The summed E-state index contributed by atoms with van der Waals surface area (Å²) in [6.45, 7) is 53.8.